The van der Waals surface area contributed by atoms with Crippen LogP contribution in [-0.2, 0) is 10.9 Å². The van der Waals surface area contributed by atoms with Gasteiger partial charge in [-0.25, -0.2) is 4.39 Å². The minimum atomic E-state index is -4.68. The van der Waals surface area contributed by atoms with Crippen LogP contribution in [0.4, 0.5) is 23.2 Å². The second kappa shape index (κ2) is 4.52. The van der Waals surface area contributed by atoms with E-state index in [1.165, 1.54) is 17.0 Å². The Morgan fingerprint density at radius 3 is 2.35 bits per heavy atom. The summed E-state index contributed by atoms with van der Waals surface area (Å²) in [5.41, 5.74) is -1.30. The van der Waals surface area contributed by atoms with Crippen molar-refractivity contribution in [3.63, 3.8) is 0 Å². The van der Waals surface area contributed by atoms with Crippen molar-refractivity contribution in [2.75, 3.05) is 31.2 Å². The van der Waals surface area contributed by atoms with E-state index >= 15 is 0 Å². The summed E-state index contributed by atoms with van der Waals surface area (Å²) in [5, 5.41) is 0. The fourth-order valence-corrected chi connectivity index (χ4v) is 1.86. The predicted molar refractivity (Wildman–Crippen MR) is 54.4 cm³/mol. The van der Waals surface area contributed by atoms with Crippen LogP contribution in [0.25, 0.3) is 0 Å². The van der Waals surface area contributed by atoms with Crippen LogP contribution in [0.1, 0.15) is 5.56 Å². The van der Waals surface area contributed by atoms with E-state index in [0.29, 0.717) is 26.3 Å². The molecule has 1 fully saturated rings. The second-order valence-electron chi connectivity index (χ2n) is 3.73. The predicted octanol–water partition coefficient (Wildman–Crippen LogP) is 2.68. The molecule has 0 amide bonds. The van der Waals surface area contributed by atoms with E-state index in [2.05, 4.69) is 0 Å². The molecule has 94 valence electrons. The van der Waals surface area contributed by atoms with Gasteiger partial charge in [0.2, 0.25) is 0 Å². The summed E-state index contributed by atoms with van der Waals surface area (Å²) in [6.45, 7) is 1.39. The van der Waals surface area contributed by atoms with Gasteiger partial charge in [-0.3, -0.25) is 0 Å². The molecule has 0 saturated carbocycles. The van der Waals surface area contributed by atoms with Gasteiger partial charge in [0, 0.05) is 13.1 Å². The third kappa shape index (κ3) is 2.52. The van der Waals surface area contributed by atoms with E-state index in [4.69, 9.17) is 4.74 Å². The number of hydrogen-bond donors (Lipinski definition) is 0. The van der Waals surface area contributed by atoms with Gasteiger partial charge in [0.1, 0.15) is 11.4 Å². The van der Waals surface area contributed by atoms with Crippen molar-refractivity contribution >= 4 is 5.69 Å². The highest BCUT2D eigenvalue weighted by Gasteiger charge is 2.38. The number of benzene rings is 1. The van der Waals surface area contributed by atoms with Crippen LogP contribution >= 0.6 is 0 Å². The largest absolute Gasteiger partial charge is 0.421 e. The minimum absolute atomic E-state index is 0.110. The average molecular weight is 249 g/mol. The van der Waals surface area contributed by atoms with Gasteiger partial charge in [0.25, 0.3) is 0 Å². The first kappa shape index (κ1) is 12.2. The number of alkyl halides is 3. The van der Waals surface area contributed by atoms with Crippen molar-refractivity contribution in [3.05, 3.63) is 29.6 Å². The third-order valence-electron chi connectivity index (χ3n) is 2.63. The van der Waals surface area contributed by atoms with E-state index in [1.54, 1.807) is 0 Å². The normalized spacial score (nSPS) is 17.3. The third-order valence-corrected chi connectivity index (χ3v) is 2.63. The van der Waals surface area contributed by atoms with Gasteiger partial charge in [-0.15, -0.1) is 0 Å². The van der Waals surface area contributed by atoms with Gasteiger partial charge >= 0.3 is 6.18 Å². The van der Waals surface area contributed by atoms with E-state index in [-0.39, 0.29) is 5.69 Å². The van der Waals surface area contributed by atoms with Gasteiger partial charge in [-0.05, 0) is 12.1 Å². The maximum Gasteiger partial charge on any atom is 0.421 e. The minimum Gasteiger partial charge on any atom is -0.378 e. The van der Waals surface area contributed by atoms with Crippen molar-refractivity contribution in [1.29, 1.82) is 0 Å². The number of hydrogen-bond acceptors (Lipinski definition) is 2. The van der Waals surface area contributed by atoms with E-state index < -0.39 is 17.6 Å². The summed E-state index contributed by atoms with van der Waals surface area (Å²) in [4.78, 5) is 1.50. The van der Waals surface area contributed by atoms with Gasteiger partial charge < -0.3 is 9.64 Å². The molecule has 6 heteroatoms. The highest BCUT2D eigenvalue weighted by Crippen LogP contribution is 2.38. The van der Waals surface area contributed by atoms with Crippen molar-refractivity contribution in [1.82, 2.24) is 0 Å². The summed E-state index contributed by atoms with van der Waals surface area (Å²) in [6.07, 6.45) is -4.68. The molecule has 1 aliphatic rings. The monoisotopic (exact) mass is 249 g/mol. The first-order valence-corrected chi connectivity index (χ1v) is 5.18. The van der Waals surface area contributed by atoms with Crippen molar-refractivity contribution in [3.8, 4) is 0 Å². The molecule has 2 rings (SSSR count). The SMILES string of the molecule is Fc1cccc(N2CCOCC2)c1C(F)(F)F. The highest BCUT2D eigenvalue weighted by molar-refractivity contribution is 5.55. The zero-order valence-electron chi connectivity index (χ0n) is 8.93. The summed E-state index contributed by atoms with van der Waals surface area (Å²) >= 11 is 0. The van der Waals surface area contributed by atoms with Crippen LogP contribution in [0.3, 0.4) is 0 Å². The standard InChI is InChI=1S/C11H11F4NO/c12-8-2-1-3-9(10(8)11(13,14)15)16-4-6-17-7-5-16/h1-3H,4-7H2. The van der Waals surface area contributed by atoms with Gasteiger partial charge in [-0.2, -0.15) is 13.2 Å². The molecule has 0 radical (unpaired) electrons. The molecular formula is C11H11F4NO. The maximum atomic E-state index is 13.3. The molecule has 0 N–H and O–H groups in total. The molecule has 0 atom stereocenters. The van der Waals surface area contributed by atoms with Crippen LogP contribution in [0, 0.1) is 5.82 Å². The zero-order valence-corrected chi connectivity index (χ0v) is 8.93. The Labute approximate surface area is 95.8 Å². The number of ether oxygens (including phenoxy) is 1. The lowest BCUT2D eigenvalue weighted by molar-refractivity contribution is -0.139. The molecule has 0 bridgehead atoms. The summed E-state index contributed by atoms with van der Waals surface area (Å²) in [5.74, 6) is -1.23. The molecule has 1 saturated heterocycles. The summed E-state index contributed by atoms with van der Waals surface area (Å²) in [7, 11) is 0. The van der Waals surface area contributed by atoms with E-state index in [9.17, 15) is 17.6 Å². The second-order valence-corrected chi connectivity index (χ2v) is 3.73. The first-order valence-electron chi connectivity index (χ1n) is 5.18. The topological polar surface area (TPSA) is 12.5 Å². The molecular weight excluding hydrogens is 238 g/mol. The average Bonchev–Trinajstić information content (AvgIpc) is 2.28. The summed E-state index contributed by atoms with van der Waals surface area (Å²) in [6, 6.07) is 3.40. The number of halogens is 4. The van der Waals surface area contributed by atoms with Crippen LogP contribution in [0.2, 0.25) is 0 Å². The highest BCUT2D eigenvalue weighted by atomic mass is 19.4. The van der Waals surface area contributed by atoms with Crippen LogP contribution in [0.5, 0.6) is 0 Å². The number of nitrogens with zero attached hydrogens (tertiary/aromatic N) is 1. The molecule has 1 aliphatic heterocycles. The Hall–Kier alpha value is -1.30. The zero-order chi connectivity index (χ0) is 12.5. The molecule has 1 aromatic rings. The Bertz CT molecular complexity index is 399. The van der Waals surface area contributed by atoms with Crippen LogP contribution in [0.15, 0.2) is 18.2 Å². The molecule has 1 aromatic carbocycles. The Morgan fingerprint density at radius 1 is 1.12 bits per heavy atom. The molecule has 0 unspecified atom stereocenters. The van der Waals surface area contributed by atoms with Gasteiger partial charge in [0.05, 0.1) is 18.9 Å². The Kier molecular flexibility index (Phi) is 3.24. The van der Waals surface area contributed by atoms with Crippen LogP contribution < -0.4 is 4.90 Å². The number of anilines is 1. The summed E-state index contributed by atoms with van der Waals surface area (Å²) < 4.78 is 56.7. The quantitative estimate of drug-likeness (QED) is 0.709. The number of morpholine rings is 1. The molecule has 0 aromatic heterocycles. The molecule has 0 spiro atoms. The van der Waals surface area contributed by atoms with Gasteiger partial charge in [0.15, 0.2) is 0 Å². The lowest BCUT2D eigenvalue weighted by atomic mass is 10.1. The molecule has 17 heavy (non-hydrogen) atoms. The van der Waals surface area contributed by atoms with Gasteiger partial charge in [-0.1, -0.05) is 6.07 Å². The lowest BCUT2D eigenvalue weighted by Gasteiger charge is -2.31. The first-order chi connectivity index (χ1) is 8.00. The molecule has 0 aliphatic carbocycles. The van der Waals surface area contributed by atoms with Crippen molar-refractivity contribution in [2.24, 2.45) is 0 Å². The fraction of sp³-hybridized carbons (Fsp3) is 0.455. The van der Waals surface area contributed by atoms with Crippen LogP contribution in [-0.4, -0.2) is 26.3 Å². The maximum absolute atomic E-state index is 13.3. The Morgan fingerprint density at radius 2 is 1.76 bits per heavy atom. The Balaban J connectivity index is 2.42. The lowest BCUT2D eigenvalue weighted by Crippen LogP contribution is -2.37. The number of rotatable bonds is 1. The van der Waals surface area contributed by atoms with Crippen molar-refractivity contribution < 1.29 is 22.3 Å². The smallest absolute Gasteiger partial charge is 0.378 e. The molecule has 2 nitrogen and oxygen atoms in total. The van der Waals surface area contributed by atoms with E-state index in [1.807, 2.05) is 0 Å². The van der Waals surface area contributed by atoms with E-state index in [0.717, 1.165) is 6.07 Å². The van der Waals surface area contributed by atoms with Crippen molar-refractivity contribution in [2.45, 2.75) is 6.18 Å². The fourth-order valence-electron chi connectivity index (χ4n) is 1.86. The molecule has 1 heterocycles.